The van der Waals surface area contributed by atoms with Gasteiger partial charge < -0.3 is 4.74 Å². The highest BCUT2D eigenvalue weighted by Gasteiger charge is 2.64. The molecule has 1 aliphatic carbocycles. The van der Waals surface area contributed by atoms with Crippen molar-refractivity contribution < 1.29 is 35.5 Å². The first-order chi connectivity index (χ1) is 15.5. The van der Waals surface area contributed by atoms with Gasteiger partial charge in [0.25, 0.3) is 0 Å². The first-order valence-corrected chi connectivity index (χ1v) is 11.2. The quantitative estimate of drug-likeness (QED) is 0.406. The van der Waals surface area contributed by atoms with Crippen molar-refractivity contribution in [1.82, 2.24) is 0 Å². The van der Waals surface area contributed by atoms with Crippen LogP contribution in [0.4, 0.5) is 30.7 Å². The van der Waals surface area contributed by atoms with Gasteiger partial charge in [-0.25, -0.2) is 8.78 Å². The number of rotatable bonds is 4. The molecule has 0 amide bonds. The Labute approximate surface area is 187 Å². The fourth-order valence-electron chi connectivity index (χ4n) is 4.97. The molecule has 0 aromatic heterocycles. The van der Waals surface area contributed by atoms with E-state index in [9.17, 15) is 30.7 Å². The molecular weight excluding hydrogens is 449 g/mol. The second kappa shape index (κ2) is 8.84. The molecule has 0 bridgehead atoms. The van der Waals surface area contributed by atoms with Gasteiger partial charge in [-0.1, -0.05) is 25.5 Å². The maximum absolute atomic E-state index is 15.0. The summed E-state index contributed by atoms with van der Waals surface area (Å²) >= 11 is 0. The zero-order chi connectivity index (χ0) is 24.0. The van der Waals surface area contributed by atoms with E-state index in [-0.39, 0.29) is 29.0 Å². The summed E-state index contributed by atoms with van der Waals surface area (Å²) in [6, 6.07) is 7.16. The molecule has 1 unspecified atom stereocenters. The van der Waals surface area contributed by atoms with E-state index in [2.05, 4.69) is 6.92 Å². The highest BCUT2D eigenvalue weighted by molar-refractivity contribution is 5.67. The molecular formula is C25H25F7O. The van der Waals surface area contributed by atoms with E-state index in [1.807, 2.05) is 6.07 Å². The number of ether oxygens (including phenoxy) is 1. The van der Waals surface area contributed by atoms with Crippen LogP contribution in [-0.4, -0.2) is 18.2 Å². The zero-order valence-corrected chi connectivity index (χ0v) is 18.1. The largest absolute Gasteiger partial charge is 0.480 e. The number of benzene rings is 2. The van der Waals surface area contributed by atoms with E-state index in [1.54, 1.807) is 6.07 Å². The molecule has 0 spiro atoms. The van der Waals surface area contributed by atoms with Gasteiger partial charge in [0, 0.05) is 5.56 Å². The minimum absolute atomic E-state index is 0.139. The van der Waals surface area contributed by atoms with Crippen LogP contribution in [0.5, 0.6) is 5.75 Å². The summed E-state index contributed by atoms with van der Waals surface area (Å²) in [5.74, 6) is -6.37. The molecule has 1 saturated carbocycles. The lowest BCUT2D eigenvalue weighted by molar-refractivity contribution is -0.310. The predicted molar refractivity (Wildman–Crippen MR) is 111 cm³/mol. The fraction of sp³-hybridized carbons (Fsp3) is 0.520. The Kier molecular flexibility index (Phi) is 6.40. The Bertz CT molecular complexity index is 1010. The molecule has 180 valence electrons. The number of fused-ring (bicyclic) bond motifs is 1. The van der Waals surface area contributed by atoms with Gasteiger partial charge in [0.2, 0.25) is 0 Å². The predicted octanol–water partition coefficient (Wildman–Crippen LogP) is 8.21. The summed E-state index contributed by atoms with van der Waals surface area (Å²) in [6.07, 6.45) is -3.85. The van der Waals surface area contributed by atoms with Crippen LogP contribution in [0.3, 0.4) is 0 Å². The second-order valence-electron chi connectivity index (χ2n) is 9.08. The van der Waals surface area contributed by atoms with E-state index >= 15 is 0 Å². The molecule has 4 rings (SSSR count). The van der Waals surface area contributed by atoms with Gasteiger partial charge in [0.05, 0.1) is 0 Å². The Morgan fingerprint density at radius 1 is 0.879 bits per heavy atom. The monoisotopic (exact) mass is 474 g/mol. The molecule has 8 heteroatoms. The summed E-state index contributed by atoms with van der Waals surface area (Å²) in [5, 5.41) is 0. The molecule has 2 aromatic rings. The molecule has 0 N–H and O–H groups in total. The van der Waals surface area contributed by atoms with Crippen LogP contribution >= 0.6 is 0 Å². The van der Waals surface area contributed by atoms with E-state index in [1.165, 1.54) is 12.1 Å². The third-order valence-corrected chi connectivity index (χ3v) is 7.04. The van der Waals surface area contributed by atoms with Crippen molar-refractivity contribution in [1.29, 1.82) is 0 Å². The van der Waals surface area contributed by atoms with Crippen LogP contribution in [0.2, 0.25) is 0 Å². The SMILES string of the molecule is CCC1CCC(c2ccc(-c3cc(F)c4c(c3)CCC(C(F)(F)C(F)(F)F)O4)c(F)c2)CC1. The molecule has 1 heterocycles. The summed E-state index contributed by atoms with van der Waals surface area (Å²) in [6.45, 7) is 2.17. The molecule has 0 saturated heterocycles. The number of hydrogen-bond acceptors (Lipinski definition) is 1. The highest BCUT2D eigenvalue weighted by Crippen LogP contribution is 2.45. The molecule has 33 heavy (non-hydrogen) atoms. The molecule has 1 nitrogen and oxygen atoms in total. The molecule has 1 atom stereocenters. The van der Waals surface area contributed by atoms with Crippen molar-refractivity contribution in [3.05, 3.63) is 53.1 Å². The van der Waals surface area contributed by atoms with Crippen molar-refractivity contribution in [2.45, 2.75) is 76.0 Å². The first-order valence-electron chi connectivity index (χ1n) is 11.2. The van der Waals surface area contributed by atoms with Crippen molar-refractivity contribution in [3.63, 3.8) is 0 Å². The lowest BCUT2D eigenvalue weighted by Crippen LogP contribution is -2.51. The molecule has 0 radical (unpaired) electrons. The number of aryl methyl sites for hydroxylation is 1. The summed E-state index contributed by atoms with van der Waals surface area (Å²) in [7, 11) is 0. The number of hydrogen-bond donors (Lipinski definition) is 0. The Hall–Kier alpha value is -2.25. The average molecular weight is 474 g/mol. The van der Waals surface area contributed by atoms with Gasteiger partial charge in [-0.3, -0.25) is 0 Å². The lowest BCUT2D eigenvalue weighted by Gasteiger charge is -2.33. The Balaban J connectivity index is 1.56. The van der Waals surface area contributed by atoms with Gasteiger partial charge in [-0.15, -0.1) is 0 Å². The summed E-state index contributed by atoms with van der Waals surface area (Å²) < 4.78 is 99.7. The smallest absolute Gasteiger partial charge is 0.457 e. The first kappa shape index (κ1) is 23.9. The topological polar surface area (TPSA) is 9.23 Å². The van der Waals surface area contributed by atoms with Crippen LogP contribution in [0.15, 0.2) is 30.3 Å². The second-order valence-corrected chi connectivity index (χ2v) is 9.08. The third-order valence-electron chi connectivity index (χ3n) is 7.04. The fourth-order valence-corrected chi connectivity index (χ4v) is 4.97. The van der Waals surface area contributed by atoms with Gasteiger partial charge in [0.15, 0.2) is 17.7 Å². The van der Waals surface area contributed by atoms with Crippen molar-refractivity contribution in [3.8, 4) is 16.9 Å². The van der Waals surface area contributed by atoms with Gasteiger partial charge >= 0.3 is 12.1 Å². The lowest BCUT2D eigenvalue weighted by atomic mass is 9.77. The number of halogens is 7. The van der Waals surface area contributed by atoms with Crippen LogP contribution in [-0.2, 0) is 6.42 Å². The molecule has 1 aliphatic heterocycles. The summed E-state index contributed by atoms with van der Waals surface area (Å²) in [4.78, 5) is 0. The van der Waals surface area contributed by atoms with Gasteiger partial charge in [-0.2, -0.15) is 22.0 Å². The van der Waals surface area contributed by atoms with E-state index in [0.29, 0.717) is 5.92 Å². The Morgan fingerprint density at radius 2 is 1.58 bits per heavy atom. The third kappa shape index (κ3) is 4.58. The van der Waals surface area contributed by atoms with Crippen LogP contribution in [0.1, 0.15) is 62.5 Å². The van der Waals surface area contributed by atoms with Crippen molar-refractivity contribution in [2.75, 3.05) is 0 Å². The van der Waals surface area contributed by atoms with Crippen LogP contribution < -0.4 is 4.74 Å². The maximum atomic E-state index is 15.0. The Morgan fingerprint density at radius 3 is 2.18 bits per heavy atom. The zero-order valence-electron chi connectivity index (χ0n) is 18.1. The average Bonchev–Trinajstić information content (AvgIpc) is 2.78. The highest BCUT2D eigenvalue weighted by atomic mass is 19.4. The number of alkyl halides is 5. The minimum atomic E-state index is -5.80. The molecule has 2 aromatic carbocycles. The van der Waals surface area contributed by atoms with E-state index in [4.69, 9.17) is 4.74 Å². The van der Waals surface area contributed by atoms with Crippen LogP contribution in [0, 0.1) is 17.6 Å². The maximum Gasteiger partial charge on any atom is 0.457 e. The van der Waals surface area contributed by atoms with Crippen molar-refractivity contribution >= 4 is 0 Å². The van der Waals surface area contributed by atoms with Crippen molar-refractivity contribution in [2.24, 2.45) is 5.92 Å². The summed E-state index contributed by atoms with van der Waals surface area (Å²) in [5.41, 5.74) is 1.37. The normalized spacial score (nSPS) is 23.7. The molecule has 1 fully saturated rings. The minimum Gasteiger partial charge on any atom is -0.480 e. The van der Waals surface area contributed by atoms with Gasteiger partial charge in [0.1, 0.15) is 5.82 Å². The molecule has 2 aliphatic rings. The standard InChI is InChI=1S/C25H25F7O/c1-2-14-3-5-15(6-4-14)16-7-9-19(20(26)12-16)18-11-17-8-10-22(24(28,29)25(30,31)32)33-23(17)21(27)13-18/h7,9,11-15,22H,2-6,8,10H2,1H3. The van der Waals surface area contributed by atoms with E-state index < -0.39 is 42.0 Å². The van der Waals surface area contributed by atoms with Crippen LogP contribution in [0.25, 0.3) is 11.1 Å². The van der Waals surface area contributed by atoms with Gasteiger partial charge in [-0.05, 0) is 85.3 Å². The van der Waals surface area contributed by atoms with E-state index in [0.717, 1.165) is 43.7 Å².